The van der Waals surface area contributed by atoms with E-state index in [4.69, 9.17) is 9.47 Å². The van der Waals surface area contributed by atoms with Crippen LogP contribution in [0.25, 0.3) is 10.9 Å². The number of aromatic nitrogens is 1. The predicted molar refractivity (Wildman–Crippen MR) is 134 cm³/mol. The van der Waals surface area contributed by atoms with Gasteiger partial charge in [-0.1, -0.05) is 22.0 Å². The lowest BCUT2D eigenvalue weighted by molar-refractivity contribution is -0.119. The highest BCUT2D eigenvalue weighted by molar-refractivity contribution is 9.10. The van der Waals surface area contributed by atoms with Crippen molar-refractivity contribution >= 4 is 56.2 Å². The fourth-order valence-corrected chi connectivity index (χ4v) is 3.72. The standard InChI is InChI=1S/C25H28BrN3O5/c1-6-33-23(31)21-13-16-12-19(10-11-20(16)28-21)29(18-9-7-8-17(26)14-18)22(30)15(2)27-24(32)34-25(3,4)5/h7-15,28H,6H2,1-5H3,(H,27,32). The summed E-state index contributed by atoms with van der Waals surface area (Å²) in [6.45, 7) is 8.88. The van der Waals surface area contributed by atoms with Crippen LogP contribution in [0, 0.1) is 0 Å². The Balaban J connectivity index is 1.98. The van der Waals surface area contributed by atoms with Crippen molar-refractivity contribution in [3.63, 3.8) is 0 Å². The first kappa shape index (κ1) is 25.3. The molecular weight excluding hydrogens is 502 g/mol. The van der Waals surface area contributed by atoms with Crippen molar-refractivity contribution in [2.75, 3.05) is 11.5 Å². The number of esters is 1. The van der Waals surface area contributed by atoms with Gasteiger partial charge in [-0.15, -0.1) is 0 Å². The number of H-pyrrole nitrogens is 1. The Morgan fingerprint density at radius 2 is 1.79 bits per heavy atom. The van der Waals surface area contributed by atoms with E-state index in [1.807, 2.05) is 18.2 Å². The molecule has 9 heteroatoms. The smallest absolute Gasteiger partial charge is 0.408 e. The van der Waals surface area contributed by atoms with Crippen molar-refractivity contribution < 1.29 is 23.9 Å². The molecule has 0 saturated heterocycles. The van der Waals surface area contributed by atoms with Gasteiger partial charge in [0.15, 0.2) is 0 Å². The van der Waals surface area contributed by atoms with Crippen LogP contribution < -0.4 is 10.2 Å². The molecule has 0 aliphatic rings. The molecule has 3 rings (SSSR count). The fraction of sp³-hybridized carbons (Fsp3) is 0.320. The van der Waals surface area contributed by atoms with E-state index in [1.54, 1.807) is 65.0 Å². The van der Waals surface area contributed by atoms with E-state index in [9.17, 15) is 14.4 Å². The average molecular weight is 530 g/mol. The number of halogens is 1. The van der Waals surface area contributed by atoms with Crippen LogP contribution in [-0.4, -0.2) is 41.2 Å². The second-order valence-electron chi connectivity index (χ2n) is 8.70. The third-order valence-corrected chi connectivity index (χ3v) is 5.24. The first-order valence-electron chi connectivity index (χ1n) is 10.9. The number of carbonyl (C=O) groups is 3. The lowest BCUT2D eigenvalue weighted by atomic mass is 10.1. The molecule has 0 bridgehead atoms. The molecule has 180 valence electrons. The third-order valence-electron chi connectivity index (χ3n) is 4.75. The molecule has 1 heterocycles. The molecule has 0 aliphatic carbocycles. The van der Waals surface area contributed by atoms with Crippen molar-refractivity contribution in [3.8, 4) is 0 Å². The van der Waals surface area contributed by atoms with Crippen molar-refractivity contribution in [2.24, 2.45) is 0 Å². The minimum absolute atomic E-state index is 0.271. The SMILES string of the molecule is CCOC(=O)c1cc2cc(N(C(=O)C(C)NC(=O)OC(C)(C)C)c3cccc(Br)c3)ccc2[nH]1. The zero-order valence-corrected chi connectivity index (χ0v) is 21.4. The number of alkyl carbamates (subject to hydrolysis) is 1. The highest BCUT2D eigenvalue weighted by Gasteiger charge is 2.27. The molecule has 2 N–H and O–H groups in total. The topological polar surface area (TPSA) is 101 Å². The Hall–Kier alpha value is -3.33. The molecule has 0 spiro atoms. The molecular formula is C25H28BrN3O5. The number of hydrogen-bond donors (Lipinski definition) is 2. The van der Waals surface area contributed by atoms with Crippen LogP contribution in [0.15, 0.2) is 53.0 Å². The number of ether oxygens (including phenoxy) is 2. The van der Waals surface area contributed by atoms with Gasteiger partial charge in [-0.3, -0.25) is 9.69 Å². The lowest BCUT2D eigenvalue weighted by Gasteiger charge is -2.27. The van der Waals surface area contributed by atoms with Crippen LogP contribution in [0.4, 0.5) is 16.2 Å². The summed E-state index contributed by atoms with van der Waals surface area (Å²) in [7, 11) is 0. The molecule has 0 saturated carbocycles. The van der Waals surface area contributed by atoms with Gasteiger partial charge in [-0.25, -0.2) is 9.59 Å². The van der Waals surface area contributed by atoms with Crippen LogP contribution in [0.2, 0.25) is 0 Å². The number of anilines is 2. The number of hydrogen-bond acceptors (Lipinski definition) is 5. The summed E-state index contributed by atoms with van der Waals surface area (Å²) < 4.78 is 11.2. The number of nitrogens with one attached hydrogen (secondary N) is 2. The van der Waals surface area contributed by atoms with E-state index >= 15 is 0 Å². The van der Waals surface area contributed by atoms with Crippen molar-refractivity contribution in [1.82, 2.24) is 10.3 Å². The maximum Gasteiger partial charge on any atom is 0.408 e. The number of nitrogens with zero attached hydrogens (tertiary/aromatic N) is 1. The van der Waals surface area contributed by atoms with E-state index in [0.717, 1.165) is 15.4 Å². The first-order valence-corrected chi connectivity index (χ1v) is 11.7. The van der Waals surface area contributed by atoms with Gasteiger partial charge in [0.05, 0.1) is 12.3 Å². The van der Waals surface area contributed by atoms with Crippen molar-refractivity contribution in [1.29, 1.82) is 0 Å². The molecule has 2 amide bonds. The Morgan fingerprint density at radius 1 is 1.09 bits per heavy atom. The largest absolute Gasteiger partial charge is 0.461 e. The van der Waals surface area contributed by atoms with E-state index in [0.29, 0.717) is 17.1 Å². The second-order valence-corrected chi connectivity index (χ2v) is 9.61. The molecule has 34 heavy (non-hydrogen) atoms. The Kier molecular flexibility index (Phi) is 7.66. The number of amides is 2. The zero-order chi connectivity index (χ0) is 25.0. The van der Waals surface area contributed by atoms with Gasteiger partial charge in [0, 0.05) is 21.1 Å². The number of benzene rings is 2. The van der Waals surface area contributed by atoms with Crippen LogP contribution >= 0.6 is 15.9 Å². The molecule has 0 aliphatic heterocycles. The quantitative estimate of drug-likeness (QED) is 0.399. The summed E-state index contributed by atoms with van der Waals surface area (Å²) in [5.74, 6) is -0.806. The summed E-state index contributed by atoms with van der Waals surface area (Å²) in [5, 5.41) is 3.35. The summed E-state index contributed by atoms with van der Waals surface area (Å²) in [5.41, 5.74) is 1.55. The molecule has 8 nitrogen and oxygen atoms in total. The number of fused-ring (bicyclic) bond motifs is 1. The van der Waals surface area contributed by atoms with Gasteiger partial charge >= 0.3 is 12.1 Å². The van der Waals surface area contributed by atoms with E-state index in [1.165, 1.54) is 4.90 Å². The maximum atomic E-state index is 13.5. The predicted octanol–water partition coefficient (Wildman–Crippen LogP) is 5.69. The van der Waals surface area contributed by atoms with Gasteiger partial charge in [-0.2, -0.15) is 0 Å². The monoisotopic (exact) mass is 529 g/mol. The van der Waals surface area contributed by atoms with Crippen molar-refractivity contribution in [3.05, 3.63) is 58.7 Å². The molecule has 1 aromatic heterocycles. The number of rotatable bonds is 6. The zero-order valence-electron chi connectivity index (χ0n) is 19.8. The van der Waals surface area contributed by atoms with Gasteiger partial charge in [0.25, 0.3) is 5.91 Å². The Labute approximate surface area is 206 Å². The molecule has 2 aromatic carbocycles. The summed E-state index contributed by atoms with van der Waals surface area (Å²) in [4.78, 5) is 42.5. The van der Waals surface area contributed by atoms with Crippen LogP contribution in [0.1, 0.15) is 45.1 Å². The van der Waals surface area contributed by atoms with Gasteiger partial charge in [-0.05, 0) is 77.1 Å². The minimum atomic E-state index is -0.870. The van der Waals surface area contributed by atoms with Gasteiger partial charge in [0.2, 0.25) is 0 Å². The Morgan fingerprint density at radius 3 is 2.44 bits per heavy atom. The van der Waals surface area contributed by atoms with Crippen LogP contribution in [0.3, 0.4) is 0 Å². The Bertz CT molecular complexity index is 1210. The van der Waals surface area contributed by atoms with Crippen LogP contribution in [-0.2, 0) is 14.3 Å². The first-order chi connectivity index (χ1) is 16.0. The molecule has 0 radical (unpaired) electrons. The summed E-state index contributed by atoms with van der Waals surface area (Å²) in [6.07, 6.45) is -0.678. The summed E-state index contributed by atoms with van der Waals surface area (Å²) in [6, 6.07) is 13.5. The fourth-order valence-electron chi connectivity index (χ4n) is 3.34. The van der Waals surface area contributed by atoms with E-state index in [-0.39, 0.29) is 12.5 Å². The third kappa shape index (κ3) is 6.17. The number of aromatic amines is 1. The minimum Gasteiger partial charge on any atom is -0.461 e. The average Bonchev–Trinajstić information content (AvgIpc) is 3.16. The van der Waals surface area contributed by atoms with Crippen molar-refractivity contribution in [2.45, 2.75) is 46.3 Å². The van der Waals surface area contributed by atoms with E-state index < -0.39 is 23.7 Å². The highest BCUT2D eigenvalue weighted by atomic mass is 79.9. The second kappa shape index (κ2) is 10.3. The van der Waals surface area contributed by atoms with E-state index in [2.05, 4.69) is 26.2 Å². The molecule has 0 fully saturated rings. The maximum absolute atomic E-state index is 13.5. The molecule has 1 unspecified atom stereocenters. The van der Waals surface area contributed by atoms with Gasteiger partial charge in [0.1, 0.15) is 17.3 Å². The van der Waals surface area contributed by atoms with Crippen LogP contribution in [0.5, 0.6) is 0 Å². The normalized spacial score (nSPS) is 12.2. The summed E-state index contributed by atoms with van der Waals surface area (Å²) >= 11 is 3.45. The van der Waals surface area contributed by atoms with Gasteiger partial charge < -0.3 is 19.8 Å². The lowest BCUT2D eigenvalue weighted by Crippen LogP contribution is -2.47. The highest BCUT2D eigenvalue weighted by Crippen LogP contribution is 2.31. The molecule has 3 aromatic rings. The molecule has 1 atom stereocenters. The number of carbonyl (C=O) groups excluding carboxylic acids is 3.